The summed E-state index contributed by atoms with van der Waals surface area (Å²) in [4.78, 5) is 17.7. The van der Waals surface area contributed by atoms with Crippen LogP contribution < -0.4 is 4.74 Å². The maximum absolute atomic E-state index is 11.2. The molecule has 3 aliphatic heterocycles. The van der Waals surface area contributed by atoms with Crippen LogP contribution in [0.2, 0.25) is 0 Å². The molecule has 0 aliphatic carbocycles. The van der Waals surface area contributed by atoms with Crippen LogP contribution in [0.4, 0.5) is 0 Å². The van der Waals surface area contributed by atoms with Crippen molar-refractivity contribution in [3.63, 3.8) is 0 Å². The number of fused-ring (bicyclic) bond motifs is 5. The highest BCUT2D eigenvalue weighted by molar-refractivity contribution is 6.05. The minimum absolute atomic E-state index is 0.102. The Morgan fingerprint density at radius 3 is 2.63 bits per heavy atom. The minimum atomic E-state index is -0.985. The molecule has 0 amide bonds. The van der Waals surface area contributed by atoms with E-state index in [-0.39, 0.29) is 17.4 Å². The van der Waals surface area contributed by atoms with Gasteiger partial charge in [0.25, 0.3) is 0 Å². The summed E-state index contributed by atoms with van der Waals surface area (Å²) in [7, 11) is 1.66. The van der Waals surface area contributed by atoms with Crippen LogP contribution in [0.15, 0.2) is 79.5 Å². The average Bonchev–Trinajstić information content (AvgIpc) is 2.96. The van der Waals surface area contributed by atoms with E-state index in [2.05, 4.69) is 22.5 Å². The van der Waals surface area contributed by atoms with Crippen LogP contribution in [0, 0.1) is 11.8 Å². The summed E-state index contributed by atoms with van der Waals surface area (Å²) in [5, 5.41) is 31.6. The number of phenolic OH excluding ortho intramolecular Hbond substituents is 1. The van der Waals surface area contributed by atoms with Crippen molar-refractivity contribution >= 4 is 27.6 Å². The second-order valence-electron chi connectivity index (χ2n) is 9.96. The number of methoxy groups -OCH3 is 1. The fourth-order valence-electron chi connectivity index (χ4n) is 5.92. The number of hydrogen-bond acceptors (Lipinski definition) is 6. The Balaban J connectivity index is 0.000000179. The molecule has 1 aromatic heterocycles. The Morgan fingerprint density at radius 2 is 1.92 bits per heavy atom. The monoisotopic (exact) mass is 512 g/mol. The largest absolute Gasteiger partial charge is 0.507 e. The molecule has 2 bridgehead atoms. The summed E-state index contributed by atoms with van der Waals surface area (Å²) in [6, 6.07) is 17.6. The third-order valence-corrected chi connectivity index (χ3v) is 7.95. The van der Waals surface area contributed by atoms with Crippen LogP contribution in [-0.2, 0) is 0 Å². The van der Waals surface area contributed by atoms with Crippen molar-refractivity contribution in [3.05, 3.63) is 90.6 Å². The summed E-state index contributed by atoms with van der Waals surface area (Å²) >= 11 is 0. The van der Waals surface area contributed by atoms with Crippen LogP contribution in [0.3, 0.4) is 0 Å². The van der Waals surface area contributed by atoms with Crippen molar-refractivity contribution in [2.45, 2.75) is 25.0 Å². The van der Waals surface area contributed by atoms with Gasteiger partial charge >= 0.3 is 5.97 Å². The molecule has 7 nitrogen and oxygen atoms in total. The number of aliphatic hydroxyl groups is 1. The molecule has 7 rings (SSSR count). The van der Waals surface area contributed by atoms with E-state index in [1.165, 1.54) is 18.6 Å². The van der Waals surface area contributed by atoms with Gasteiger partial charge in [-0.25, -0.2) is 4.79 Å². The second kappa shape index (κ2) is 10.8. The first-order valence-electron chi connectivity index (χ1n) is 12.8. The van der Waals surface area contributed by atoms with Gasteiger partial charge in [-0.15, -0.1) is 6.58 Å². The van der Waals surface area contributed by atoms with Crippen molar-refractivity contribution in [2.24, 2.45) is 11.8 Å². The van der Waals surface area contributed by atoms with Gasteiger partial charge < -0.3 is 20.1 Å². The Kier molecular flexibility index (Phi) is 7.31. The van der Waals surface area contributed by atoms with Crippen LogP contribution in [0.1, 0.15) is 34.9 Å². The first-order valence-corrected chi connectivity index (χ1v) is 12.8. The van der Waals surface area contributed by atoms with Crippen molar-refractivity contribution in [1.29, 1.82) is 0 Å². The van der Waals surface area contributed by atoms with Gasteiger partial charge in [-0.3, -0.25) is 9.88 Å². The maximum Gasteiger partial charge on any atom is 0.336 e. The van der Waals surface area contributed by atoms with Crippen LogP contribution >= 0.6 is 0 Å². The number of carbonyl (C=O) groups is 1. The van der Waals surface area contributed by atoms with E-state index in [0.717, 1.165) is 41.7 Å². The van der Waals surface area contributed by atoms with Crippen LogP contribution in [-0.4, -0.2) is 57.4 Å². The molecule has 3 N–H and O–H groups in total. The van der Waals surface area contributed by atoms with Gasteiger partial charge in [0.15, 0.2) is 0 Å². The zero-order chi connectivity index (χ0) is 26.8. The number of hydrogen-bond donors (Lipinski definition) is 3. The lowest BCUT2D eigenvalue weighted by Crippen LogP contribution is -2.54. The number of ether oxygens (including phenoxy) is 1. The summed E-state index contributed by atoms with van der Waals surface area (Å²) in [6.45, 7) is 6.07. The topological polar surface area (TPSA) is 103 Å². The first-order chi connectivity index (χ1) is 18.4. The molecule has 38 heavy (non-hydrogen) atoms. The normalized spacial score (nSPS) is 22.9. The molecule has 0 spiro atoms. The fraction of sp³-hybridized carbons (Fsp3) is 0.290. The molecule has 3 fully saturated rings. The highest BCUT2D eigenvalue weighted by atomic mass is 16.5. The lowest BCUT2D eigenvalue weighted by Gasteiger charge is -2.50. The molecule has 4 aromatic rings. The lowest BCUT2D eigenvalue weighted by molar-refractivity contribution is -0.0444. The molecule has 3 saturated heterocycles. The zero-order valence-corrected chi connectivity index (χ0v) is 21.3. The number of benzene rings is 3. The van der Waals surface area contributed by atoms with Gasteiger partial charge in [0.2, 0.25) is 0 Å². The van der Waals surface area contributed by atoms with Crippen molar-refractivity contribution in [2.75, 3.05) is 20.2 Å². The minimum Gasteiger partial charge on any atom is -0.507 e. The predicted molar refractivity (Wildman–Crippen MR) is 148 cm³/mol. The van der Waals surface area contributed by atoms with E-state index in [9.17, 15) is 15.0 Å². The molecule has 196 valence electrons. The second-order valence-corrected chi connectivity index (χ2v) is 9.96. The first kappa shape index (κ1) is 25.7. The number of rotatable bonds is 5. The molecular weight excluding hydrogens is 480 g/mol. The average molecular weight is 513 g/mol. The number of carboxylic acids is 1. The molecule has 3 aliphatic rings. The quantitative estimate of drug-likeness (QED) is 0.307. The molecule has 5 atom stereocenters. The summed E-state index contributed by atoms with van der Waals surface area (Å²) in [6.07, 6.45) is 5.62. The number of pyridine rings is 1. The maximum atomic E-state index is 11.2. The van der Waals surface area contributed by atoms with Crippen molar-refractivity contribution in [1.82, 2.24) is 9.88 Å². The third kappa shape index (κ3) is 4.83. The van der Waals surface area contributed by atoms with Crippen LogP contribution in [0.25, 0.3) is 21.7 Å². The number of nitrogens with zero attached hydrogens (tertiary/aromatic N) is 2. The highest BCUT2D eigenvalue weighted by Crippen LogP contribution is 2.42. The zero-order valence-electron chi connectivity index (χ0n) is 21.3. The Hall–Kier alpha value is -3.94. The number of piperidine rings is 3. The summed E-state index contributed by atoms with van der Waals surface area (Å²) in [5.74, 6) is 1.12. The van der Waals surface area contributed by atoms with Gasteiger partial charge in [0.1, 0.15) is 11.5 Å². The van der Waals surface area contributed by atoms with E-state index in [4.69, 9.17) is 9.84 Å². The number of aromatic hydroxyl groups is 1. The number of phenols is 1. The molecule has 0 radical (unpaired) electrons. The molecule has 0 saturated carbocycles. The summed E-state index contributed by atoms with van der Waals surface area (Å²) in [5.41, 5.74) is 2.05. The van der Waals surface area contributed by atoms with Crippen molar-refractivity contribution < 1.29 is 24.9 Å². The lowest BCUT2D eigenvalue weighted by atomic mass is 9.73. The van der Waals surface area contributed by atoms with Crippen molar-refractivity contribution in [3.8, 4) is 11.5 Å². The van der Waals surface area contributed by atoms with E-state index in [1.807, 2.05) is 24.3 Å². The van der Waals surface area contributed by atoms with E-state index in [0.29, 0.717) is 22.6 Å². The SMILES string of the molecule is C=C[C@@H]1CN2CCC1C[C@@H]2[C@H](O)c1ccnc2ccc(OC)cc12.O=C(O)c1cccc2c(O)cccc12. The Bertz CT molecular complexity index is 1490. The van der Waals surface area contributed by atoms with Gasteiger partial charge in [-0.05, 0) is 78.6 Å². The third-order valence-electron chi connectivity index (χ3n) is 7.95. The highest BCUT2D eigenvalue weighted by Gasteiger charge is 2.42. The Morgan fingerprint density at radius 1 is 1.13 bits per heavy atom. The number of carboxylic acid groups (broad SMARTS) is 1. The predicted octanol–water partition coefficient (Wildman–Crippen LogP) is 5.42. The molecule has 7 heteroatoms. The molecular formula is C31H32N2O5. The summed E-state index contributed by atoms with van der Waals surface area (Å²) < 4.78 is 5.35. The van der Waals surface area contributed by atoms with Gasteiger partial charge in [0, 0.05) is 29.6 Å². The van der Waals surface area contributed by atoms with Crippen LogP contribution in [0.5, 0.6) is 11.5 Å². The van der Waals surface area contributed by atoms with Gasteiger partial charge in [-0.1, -0.05) is 30.3 Å². The van der Waals surface area contributed by atoms with E-state index >= 15 is 0 Å². The van der Waals surface area contributed by atoms with E-state index in [1.54, 1.807) is 37.6 Å². The molecule has 3 aromatic carbocycles. The molecule has 2 unspecified atom stereocenters. The number of aromatic carboxylic acids is 1. The smallest absolute Gasteiger partial charge is 0.336 e. The number of aromatic nitrogens is 1. The Labute approximate surface area is 221 Å². The van der Waals surface area contributed by atoms with Gasteiger partial charge in [-0.2, -0.15) is 0 Å². The fourth-order valence-corrected chi connectivity index (χ4v) is 5.92. The standard InChI is InChI=1S/C20H24N2O2.C11H8O3/c1-3-13-12-22-9-7-14(13)10-19(22)20(23)16-6-8-21-18-5-4-15(24-2)11-17(16)18;12-10-6-2-3-7-8(10)4-1-5-9(7)11(13)14/h3-6,8,11,13-14,19-20,23H,1,7,9-10,12H2,2H3;1-6,12H,(H,13,14)/t13-,14?,19-,20-;/m1./s1. The molecule has 4 heterocycles. The number of aliphatic hydroxyl groups excluding tert-OH is 1. The van der Waals surface area contributed by atoms with Gasteiger partial charge in [0.05, 0.1) is 24.3 Å². The van der Waals surface area contributed by atoms with E-state index < -0.39 is 12.1 Å².